The number of carbonyl (C=O) groups is 1. The Morgan fingerprint density at radius 3 is 2.56 bits per heavy atom. The molecular weight excluding hydrogens is 214 g/mol. The molecule has 0 spiro atoms. The van der Waals surface area contributed by atoms with Gasteiger partial charge >= 0.3 is 5.97 Å². The Bertz CT molecular complexity index is 393. The van der Waals surface area contributed by atoms with E-state index < -0.39 is 24.6 Å². The summed E-state index contributed by atoms with van der Waals surface area (Å²) in [7, 11) is 0. The van der Waals surface area contributed by atoms with Gasteiger partial charge in [0, 0.05) is 11.3 Å². The quantitative estimate of drug-likeness (QED) is 0.360. The van der Waals surface area contributed by atoms with Crippen LogP contribution >= 0.6 is 0 Å². The van der Waals surface area contributed by atoms with Crippen LogP contribution in [0.1, 0.15) is 18.1 Å². The number of anilines is 1. The molecule has 6 N–H and O–H groups in total. The molecule has 6 heteroatoms. The highest BCUT2D eigenvalue weighted by Gasteiger charge is 2.23. The summed E-state index contributed by atoms with van der Waals surface area (Å²) in [6.45, 7) is 0. The van der Waals surface area contributed by atoms with Crippen LogP contribution in [0.4, 0.5) is 5.69 Å². The molecule has 0 amide bonds. The summed E-state index contributed by atoms with van der Waals surface area (Å²) in [4.78, 5) is 10.3. The fraction of sp³-hybridized carbons (Fsp3) is 0.300. The van der Waals surface area contributed by atoms with E-state index in [0.29, 0.717) is 5.69 Å². The van der Waals surface area contributed by atoms with Gasteiger partial charge < -0.3 is 26.2 Å². The number of nitrogens with two attached hydrogens (primary N) is 1. The standard InChI is InChI=1S/C10H13NO5/c11-5-1-2-7(12)6(3-5)10(16)8(13)4-9(14)15/h1-3,8,10,12-13,16H,4,11H2,(H,14,15). The third-order valence-electron chi connectivity index (χ3n) is 2.12. The molecule has 1 aromatic carbocycles. The second kappa shape index (κ2) is 4.82. The topological polar surface area (TPSA) is 124 Å². The van der Waals surface area contributed by atoms with Crippen LogP contribution in [0.5, 0.6) is 5.75 Å². The van der Waals surface area contributed by atoms with Crippen LogP contribution in [0.15, 0.2) is 18.2 Å². The lowest BCUT2D eigenvalue weighted by Crippen LogP contribution is -2.21. The Morgan fingerprint density at radius 2 is 2.00 bits per heavy atom. The number of rotatable bonds is 4. The van der Waals surface area contributed by atoms with Gasteiger partial charge in [0.2, 0.25) is 0 Å². The number of benzene rings is 1. The second-order valence-corrected chi connectivity index (χ2v) is 3.43. The molecule has 88 valence electrons. The number of aromatic hydroxyl groups is 1. The number of aliphatic carboxylic acids is 1. The van der Waals surface area contributed by atoms with Crippen LogP contribution in [-0.2, 0) is 4.79 Å². The number of hydrogen-bond acceptors (Lipinski definition) is 5. The molecule has 0 heterocycles. The molecular formula is C10H13NO5. The summed E-state index contributed by atoms with van der Waals surface area (Å²) < 4.78 is 0. The number of phenolic OH excluding ortho intramolecular Hbond substituents is 1. The monoisotopic (exact) mass is 227 g/mol. The fourth-order valence-corrected chi connectivity index (χ4v) is 1.31. The zero-order valence-electron chi connectivity index (χ0n) is 8.37. The van der Waals surface area contributed by atoms with Crippen molar-refractivity contribution in [1.29, 1.82) is 0 Å². The van der Waals surface area contributed by atoms with E-state index in [-0.39, 0.29) is 11.3 Å². The Kier molecular flexibility index (Phi) is 3.70. The second-order valence-electron chi connectivity index (χ2n) is 3.43. The molecule has 0 radical (unpaired) electrons. The van der Waals surface area contributed by atoms with Crippen molar-refractivity contribution in [2.45, 2.75) is 18.6 Å². The zero-order chi connectivity index (χ0) is 12.3. The van der Waals surface area contributed by atoms with Crippen molar-refractivity contribution >= 4 is 11.7 Å². The highest BCUT2D eigenvalue weighted by atomic mass is 16.4. The van der Waals surface area contributed by atoms with Gasteiger partial charge in [0.15, 0.2) is 0 Å². The molecule has 0 aliphatic rings. The number of aliphatic hydroxyl groups excluding tert-OH is 2. The summed E-state index contributed by atoms with van der Waals surface area (Å²) in [5.74, 6) is -1.49. The van der Waals surface area contributed by atoms with E-state index in [1.165, 1.54) is 18.2 Å². The van der Waals surface area contributed by atoms with Gasteiger partial charge in [-0.15, -0.1) is 0 Å². The predicted octanol–water partition coefficient (Wildman–Crippen LogP) is -0.157. The van der Waals surface area contributed by atoms with Gasteiger partial charge in [-0.1, -0.05) is 0 Å². The maximum atomic E-state index is 10.3. The zero-order valence-corrected chi connectivity index (χ0v) is 8.37. The van der Waals surface area contributed by atoms with Crippen LogP contribution < -0.4 is 5.73 Å². The van der Waals surface area contributed by atoms with Gasteiger partial charge in [0.25, 0.3) is 0 Å². The van der Waals surface area contributed by atoms with Crippen molar-refractivity contribution in [1.82, 2.24) is 0 Å². The van der Waals surface area contributed by atoms with E-state index in [9.17, 15) is 20.1 Å². The number of phenols is 1. The molecule has 0 saturated heterocycles. The van der Waals surface area contributed by atoms with E-state index in [1.54, 1.807) is 0 Å². The average Bonchev–Trinajstić information content (AvgIpc) is 2.19. The van der Waals surface area contributed by atoms with Crippen molar-refractivity contribution in [2.75, 3.05) is 5.73 Å². The first-order valence-electron chi connectivity index (χ1n) is 4.58. The van der Waals surface area contributed by atoms with Crippen molar-refractivity contribution in [3.63, 3.8) is 0 Å². The van der Waals surface area contributed by atoms with E-state index >= 15 is 0 Å². The van der Waals surface area contributed by atoms with E-state index in [1.807, 2.05) is 0 Å². The molecule has 1 aromatic rings. The lowest BCUT2D eigenvalue weighted by atomic mass is 10.0. The number of carboxylic acids is 1. The molecule has 2 atom stereocenters. The van der Waals surface area contributed by atoms with Gasteiger partial charge in [-0.05, 0) is 18.2 Å². The molecule has 0 saturated carbocycles. The molecule has 0 bridgehead atoms. The Labute approximate surface area is 91.6 Å². The number of carboxylic acid groups (broad SMARTS) is 1. The SMILES string of the molecule is Nc1ccc(O)c(C(O)C(O)CC(=O)O)c1. The van der Waals surface area contributed by atoms with E-state index in [4.69, 9.17) is 10.8 Å². The molecule has 6 nitrogen and oxygen atoms in total. The van der Waals surface area contributed by atoms with Gasteiger partial charge in [0.05, 0.1) is 12.5 Å². The van der Waals surface area contributed by atoms with E-state index in [0.717, 1.165) is 0 Å². The van der Waals surface area contributed by atoms with Gasteiger partial charge in [-0.3, -0.25) is 4.79 Å². The Hall–Kier alpha value is -1.79. The molecule has 2 unspecified atom stereocenters. The summed E-state index contributed by atoms with van der Waals surface area (Å²) in [6.07, 6.45) is -3.60. The molecule has 0 aliphatic heterocycles. The number of hydrogen-bond donors (Lipinski definition) is 5. The summed E-state index contributed by atoms with van der Waals surface area (Å²) in [6, 6.07) is 3.97. The molecule has 0 aromatic heterocycles. The van der Waals surface area contributed by atoms with Crippen molar-refractivity contribution in [3.8, 4) is 5.75 Å². The minimum absolute atomic E-state index is 0.00810. The lowest BCUT2D eigenvalue weighted by Gasteiger charge is -2.17. The molecule has 0 fully saturated rings. The number of nitrogen functional groups attached to an aromatic ring is 1. The first kappa shape index (κ1) is 12.3. The molecule has 16 heavy (non-hydrogen) atoms. The van der Waals surface area contributed by atoms with Crippen LogP contribution in [0.3, 0.4) is 0 Å². The highest BCUT2D eigenvalue weighted by molar-refractivity contribution is 5.67. The fourth-order valence-electron chi connectivity index (χ4n) is 1.31. The largest absolute Gasteiger partial charge is 0.508 e. The molecule has 0 aliphatic carbocycles. The third kappa shape index (κ3) is 2.85. The normalized spacial score (nSPS) is 14.4. The summed E-state index contributed by atoms with van der Waals surface area (Å²) >= 11 is 0. The van der Waals surface area contributed by atoms with Crippen LogP contribution in [-0.4, -0.2) is 32.5 Å². The Balaban J connectivity index is 2.90. The van der Waals surface area contributed by atoms with Crippen molar-refractivity contribution < 1.29 is 25.2 Å². The third-order valence-corrected chi connectivity index (χ3v) is 2.12. The van der Waals surface area contributed by atoms with Crippen LogP contribution in [0, 0.1) is 0 Å². The minimum atomic E-state index is -1.50. The number of aliphatic hydroxyl groups is 2. The van der Waals surface area contributed by atoms with Crippen molar-refractivity contribution in [3.05, 3.63) is 23.8 Å². The predicted molar refractivity (Wildman–Crippen MR) is 55.7 cm³/mol. The van der Waals surface area contributed by atoms with Gasteiger partial charge in [-0.2, -0.15) is 0 Å². The van der Waals surface area contributed by atoms with Crippen LogP contribution in [0.25, 0.3) is 0 Å². The highest BCUT2D eigenvalue weighted by Crippen LogP contribution is 2.29. The maximum Gasteiger partial charge on any atom is 0.306 e. The average molecular weight is 227 g/mol. The smallest absolute Gasteiger partial charge is 0.306 e. The van der Waals surface area contributed by atoms with Gasteiger partial charge in [-0.25, -0.2) is 0 Å². The summed E-state index contributed by atoms with van der Waals surface area (Å²) in [5.41, 5.74) is 5.75. The Morgan fingerprint density at radius 1 is 1.38 bits per heavy atom. The van der Waals surface area contributed by atoms with E-state index in [2.05, 4.69) is 0 Å². The first-order chi connectivity index (χ1) is 7.41. The molecule has 1 rings (SSSR count). The minimum Gasteiger partial charge on any atom is -0.508 e. The first-order valence-corrected chi connectivity index (χ1v) is 4.58. The maximum absolute atomic E-state index is 10.3. The van der Waals surface area contributed by atoms with Crippen molar-refractivity contribution in [2.24, 2.45) is 0 Å². The lowest BCUT2D eigenvalue weighted by molar-refractivity contribution is -0.141. The summed E-state index contributed by atoms with van der Waals surface area (Å²) in [5, 5.41) is 36.8. The van der Waals surface area contributed by atoms with Crippen LogP contribution in [0.2, 0.25) is 0 Å². The van der Waals surface area contributed by atoms with Gasteiger partial charge in [0.1, 0.15) is 11.9 Å².